The van der Waals surface area contributed by atoms with Crippen LogP contribution in [0, 0.1) is 11.3 Å². The van der Waals surface area contributed by atoms with Crippen LogP contribution in [0.15, 0.2) is 12.1 Å². The minimum atomic E-state index is -0.819. The highest BCUT2D eigenvalue weighted by molar-refractivity contribution is 5.63. The summed E-state index contributed by atoms with van der Waals surface area (Å²) in [7, 11) is 5.85. The van der Waals surface area contributed by atoms with Crippen molar-refractivity contribution in [3.63, 3.8) is 0 Å². The Hall–Kier alpha value is -1.30. The number of hydrogen-bond donors (Lipinski definition) is 1. The number of likely N-dealkylation sites (N-methyl/N-ethyl adjacent to an activating group) is 1. The molecule has 1 saturated heterocycles. The molecule has 7 rings (SSSR count). The monoisotopic (exact) mass is 399 g/mol. The van der Waals surface area contributed by atoms with Gasteiger partial charge in [-0.05, 0) is 71.2 Å². The van der Waals surface area contributed by atoms with Gasteiger partial charge in [-0.15, -0.1) is 0 Å². The Kier molecular flexibility index (Phi) is 3.37. The predicted molar refractivity (Wildman–Crippen MR) is 110 cm³/mol. The zero-order valence-corrected chi connectivity index (χ0v) is 18.2. The molecular weight excluding hydrogens is 366 g/mol. The minimum absolute atomic E-state index is 0.0440. The molecule has 1 N–H and O–H groups in total. The van der Waals surface area contributed by atoms with Crippen LogP contribution in [0.3, 0.4) is 0 Å². The van der Waals surface area contributed by atoms with E-state index in [0.29, 0.717) is 6.04 Å². The van der Waals surface area contributed by atoms with E-state index in [-0.39, 0.29) is 22.9 Å². The third-order valence-corrected chi connectivity index (χ3v) is 9.68. The number of benzene rings is 1. The van der Waals surface area contributed by atoms with E-state index in [4.69, 9.17) is 14.2 Å². The Morgan fingerprint density at radius 1 is 1.21 bits per heavy atom. The number of fused-ring (bicyclic) bond motifs is 2. The lowest BCUT2D eigenvalue weighted by molar-refractivity contribution is -0.298. The molecule has 4 bridgehead atoms. The van der Waals surface area contributed by atoms with Gasteiger partial charge in [0.25, 0.3) is 0 Å². The van der Waals surface area contributed by atoms with Crippen molar-refractivity contribution in [1.29, 1.82) is 0 Å². The van der Waals surface area contributed by atoms with E-state index in [9.17, 15) is 5.11 Å². The summed E-state index contributed by atoms with van der Waals surface area (Å²) < 4.78 is 19.1. The van der Waals surface area contributed by atoms with Crippen molar-refractivity contribution in [3.05, 3.63) is 23.3 Å². The number of ether oxygens (including phenoxy) is 3. The predicted octanol–water partition coefficient (Wildman–Crippen LogP) is 2.91. The van der Waals surface area contributed by atoms with Crippen molar-refractivity contribution in [2.45, 2.75) is 74.7 Å². The number of piperidine rings is 1. The molecule has 0 unspecified atom stereocenters. The first kappa shape index (κ1) is 18.5. The van der Waals surface area contributed by atoms with Crippen LogP contribution in [0.25, 0.3) is 0 Å². The normalized spacial score (nSPS) is 44.4. The van der Waals surface area contributed by atoms with Gasteiger partial charge in [0.1, 0.15) is 11.7 Å². The Labute approximate surface area is 173 Å². The number of hydrogen-bond acceptors (Lipinski definition) is 5. The largest absolute Gasteiger partial charge is 0.493 e. The van der Waals surface area contributed by atoms with E-state index >= 15 is 0 Å². The Morgan fingerprint density at radius 3 is 2.69 bits per heavy atom. The van der Waals surface area contributed by atoms with Gasteiger partial charge < -0.3 is 24.2 Å². The fourth-order valence-electron chi connectivity index (χ4n) is 8.66. The first-order valence-electron chi connectivity index (χ1n) is 11.1. The molecule has 2 aliphatic heterocycles. The second-order valence-corrected chi connectivity index (χ2v) is 10.8. The average Bonchev–Trinajstić information content (AvgIpc) is 3.06. The van der Waals surface area contributed by atoms with Gasteiger partial charge in [-0.3, -0.25) is 0 Å². The lowest BCUT2D eigenvalue weighted by atomic mass is 9.34. The quantitative estimate of drug-likeness (QED) is 0.847. The van der Waals surface area contributed by atoms with Crippen molar-refractivity contribution in [2.75, 3.05) is 27.8 Å². The van der Waals surface area contributed by atoms with Crippen molar-refractivity contribution >= 4 is 0 Å². The van der Waals surface area contributed by atoms with Crippen molar-refractivity contribution in [1.82, 2.24) is 4.90 Å². The summed E-state index contributed by atoms with van der Waals surface area (Å²) >= 11 is 0. The van der Waals surface area contributed by atoms with Gasteiger partial charge >= 0.3 is 0 Å². The van der Waals surface area contributed by atoms with Gasteiger partial charge in [-0.25, -0.2) is 0 Å². The minimum Gasteiger partial charge on any atom is -0.493 e. The molecule has 1 aromatic rings. The van der Waals surface area contributed by atoms with Crippen LogP contribution in [-0.2, 0) is 16.6 Å². The molecule has 1 aromatic carbocycles. The number of nitrogens with zero attached hydrogens (tertiary/aromatic N) is 1. The Bertz CT molecular complexity index is 894. The molecule has 5 heteroatoms. The van der Waals surface area contributed by atoms with Crippen LogP contribution < -0.4 is 9.47 Å². The lowest BCUT2D eigenvalue weighted by Crippen LogP contribution is -2.82. The van der Waals surface area contributed by atoms with Crippen molar-refractivity contribution < 1.29 is 19.3 Å². The topological polar surface area (TPSA) is 51.2 Å². The zero-order chi connectivity index (χ0) is 20.4. The van der Waals surface area contributed by atoms with Gasteiger partial charge in [0.15, 0.2) is 11.5 Å². The Morgan fingerprint density at radius 2 is 2.00 bits per heavy atom. The van der Waals surface area contributed by atoms with Gasteiger partial charge in [0.2, 0.25) is 0 Å². The second kappa shape index (κ2) is 5.30. The summed E-state index contributed by atoms with van der Waals surface area (Å²) in [6.45, 7) is 4.99. The van der Waals surface area contributed by atoms with Gasteiger partial charge in [-0.1, -0.05) is 6.07 Å². The van der Waals surface area contributed by atoms with E-state index in [1.807, 2.05) is 21.0 Å². The molecule has 6 atom stereocenters. The molecule has 158 valence electrons. The smallest absolute Gasteiger partial charge is 0.165 e. The van der Waals surface area contributed by atoms with Crippen LogP contribution in [-0.4, -0.2) is 61.2 Å². The number of likely N-dealkylation sites (tertiary alicyclic amines) is 1. The standard InChI is InChI=1S/C24H33NO4/c1-21(2,26)16-13-22-8-9-24(16,28-5)20-23(22)10-11-25(3)17(22)12-14-6-7-15(27-4)19(29-20)18(14)23/h6-7,16-17,20,26H,8-13H2,1-5H3/t16-,17-,20+,22-,23+,24-/m1/s1. The maximum absolute atomic E-state index is 11.3. The summed E-state index contributed by atoms with van der Waals surface area (Å²) in [5.74, 6) is 1.83. The van der Waals surface area contributed by atoms with Crippen LogP contribution in [0.5, 0.6) is 11.5 Å². The van der Waals surface area contributed by atoms with E-state index in [1.54, 1.807) is 7.11 Å². The van der Waals surface area contributed by atoms with Crippen LogP contribution in [0.2, 0.25) is 0 Å². The molecule has 5 nitrogen and oxygen atoms in total. The molecule has 6 aliphatic rings. The SMILES string of the molecule is COc1ccc2c3c1O[C@@H]1[C@@]4(OC)CC[C@@]5(C[C@@H]4C(C)(C)O)[C@@H](C2)N(C)CC[C@]315. The molecule has 4 aliphatic carbocycles. The molecule has 4 fully saturated rings. The van der Waals surface area contributed by atoms with E-state index in [1.165, 1.54) is 11.1 Å². The second-order valence-electron chi connectivity index (χ2n) is 10.8. The Balaban J connectivity index is 1.68. The van der Waals surface area contributed by atoms with Crippen LogP contribution >= 0.6 is 0 Å². The van der Waals surface area contributed by atoms with Crippen LogP contribution in [0.1, 0.15) is 50.7 Å². The number of methoxy groups -OCH3 is 2. The summed E-state index contributed by atoms with van der Waals surface area (Å²) in [6, 6.07) is 4.82. The van der Waals surface area contributed by atoms with Gasteiger partial charge in [0.05, 0.1) is 12.7 Å². The molecule has 0 radical (unpaired) electrons. The van der Waals surface area contributed by atoms with Gasteiger partial charge in [0, 0.05) is 35.5 Å². The van der Waals surface area contributed by atoms with Gasteiger partial charge in [-0.2, -0.15) is 0 Å². The van der Waals surface area contributed by atoms with Crippen molar-refractivity contribution in [2.24, 2.45) is 11.3 Å². The summed E-state index contributed by atoms with van der Waals surface area (Å²) in [5.41, 5.74) is 1.60. The molecule has 29 heavy (non-hydrogen) atoms. The molecular formula is C24H33NO4. The average molecular weight is 400 g/mol. The zero-order valence-electron chi connectivity index (χ0n) is 18.2. The molecule has 2 heterocycles. The summed E-state index contributed by atoms with van der Waals surface area (Å²) in [5, 5.41) is 11.3. The fraction of sp³-hybridized carbons (Fsp3) is 0.750. The highest BCUT2D eigenvalue weighted by atomic mass is 16.6. The highest BCUT2D eigenvalue weighted by Crippen LogP contribution is 2.77. The molecule has 0 amide bonds. The number of aliphatic hydroxyl groups is 1. The highest BCUT2D eigenvalue weighted by Gasteiger charge is 2.81. The summed E-state index contributed by atoms with van der Waals surface area (Å²) in [6.07, 6.45) is 5.15. The third kappa shape index (κ3) is 1.78. The van der Waals surface area contributed by atoms with E-state index < -0.39 is 11.2 Å². The first-order valence-corrected chi connectivity index (χ1v) is 11.1. The summed E-state index contributed by atoms with van der Waals surface area (Å²) in [4.78, 5) is 2.58. The lowest BCUT2D eigenvalue weighted by Gasteiger charge is -2.74. The van der Waals surface area contributed by atoms with E-state index in [0.717, 1.165) is 50.1 Å². The first-order chi connectivity index (χ1) is 13.7. The van der Waals surface area contributed by atoms with Crippen LogP contribution in [0.4, 0.5) is 0 Å². The molecule has 3 saturated carbocycles. The molecule has 0 aromatic heterocycles. The third-order valence-electron chi connectivity index (χ3n) is 9.68. The fourth-order valence-corrected chi connectivity index (χ4v) is 8.66. The molecule has 2 spiro atoms. The number of rotatable bonds is 3. The van der Waals surface area contributed by atoms with E-state index in [2.05, 4.69) is 24.1 Å². The van der Waals surface area contributed by atoms with Crippen molar-refractivity contribution in [3.8, 4) is 11.5 Å². The maximum atomic E-state index is 11.3. The maximum Gasteiger partial charge on any atom is 0.165 e.